The summed E-state index contributed by atoms with van der Waals surface area (Å²) in [6.07, 6.45) is 0.719. The lowest BCUT2D eigenvalue weighted by Gasteiger charge is -2.14. The molecule has 0 spiro atoms. The number of ether oxygens (including phenoxy) is 2. The van der Waals surface area contributed by atoms with Crippen molar-refractivity contribution < 1.29 is 19.1 Å². The highest BCUT2D eigenvalue weighted by molar-refractivity contribution is 9.10. The smallest absolute Gasteiger partial charge is 0.262 e. The van der Waals surface area contributed by atoms with Gasteiger partial charge < -0.3 is 20.1 Å². The highest BCUT2D eigenvalue weighted by Gasteiger charge is 2.14. The van der Waals surface area contributed by atoms with Gasteiger partial charge in [0.25, 0.3) is 11.8 Å². The Bertz CT molecular complexity index is 816. The Morgan fingerprint density at radius 3 is 2.46 bits per heavy atom. The van der Waals surface area contributed by atoms with Crippen LogP contribution in [-0.2, 0) is 9.53 Å². The molecule has 0 bridgehead atoms. The number of hydrogen-bond donors (Lipinski definition) is 2. The second-order valence-electron chi connectivity index (χ2n) is 6.35. The Morgan fingerprint density at radius 1 is 1.11 bits per heavy atom. The molecule has 28 heavy (non-hydrogen) atoms. The topological polar surface area (TPSA) is 76.7 Å². The molecule has 0 aliphatic heterocycles. The van der Waals surface area contributed by atoms with Crippen molar-refractivity contribution in [1.29, 1.82) is 0 Å². The van der Waals surface area contributed by atoms with E-state index in [4.69, 9.17) is 9.47 Å². The third-order valence-corrected chi connectivity index (χ3v) is 4.49. The van der Waals surface area contributed by atoms with Crippen molar-refractivity contribution in [3.63, 3.8) is 0 Å². The Labute approximate surface area is 173 Å². The minimum Gasteiger partial charge on any atom is -0.483 e. The van der Waals surface area contributed by atoms with Gasteiger partial charge in [0.1, 0.15) is 5.75 Å². The van der Waals surface area contributed by atoms with Gasteiger partial charge in [-0.05, 0) is 55.7 Å². The van der Waals surface area contributed by atoms with Gasteiger partial charge in [-0.1, -0.05) is 28.1 Å². The molecule has 0 heterocycles. The molecular weight excluding hydrogens is 424 g/mol. The Balaban J connectivity index is 1.98. The number of para-hydroxylation sites is 1. The van der Waals surface area contributed by atoms with Crippen LogP contribution in [0.2, 0.25) is 0 Å². The summed E-state index contributed by atoms with van der Waals surface area (Å²) in [5.74, 6) is 0.108. The molecule has 0 aliphatic rings. The molecule has 7 heteroatoms. The van der Waals surface area contributed by atoms with Gasteiger partial charge in [0.2, 0.25) is 0 Å². The first-order chi connectivity index (χ1) is 13.4. The molecule has 2 N–H and O–H groups in total. The van der Waals surface area contributed by atoms with Crippen LogP contribution in [0.1, 0.15) is 27.9 Å². The van der Waals surface area contributed by atoms with Crippen LogP contribution in [0.15, 0.2) is 40.9 Å². The van der Waals surface area contributed by atoms with Crippen LogP contribution in [0.3, 0.4) is 0 Å². The zero-order chi connectivity index (χ0) is 20.5. The lowest BCUT2D eigenvalue weighted by molar-refractivity contribution is -0.118. The zero-order valence-electron chi connectivity index (χ0n) is 16.3. The van der Waals surface area contributed by atoms with E-state index in [1.807, 2.05) is 26.0 Å². The molecule has 2 aromatic carbocycles. The van der Waals surface area contributed by atoms with Gasteiger partial charge in [0, 0.05) is 24.7 Å². The lowest BCUT2D eigenvalue weighted by atomic mass is 10.1. The number of anilines is 1. The number of carbonyl (C=O) groups is 2. The Hall–Kier alpha value is -2.38. The SMILES string of the molecule is COCCCNC(=O)c1ccccc1NC(=O)COc1c(C)cc(Br)cc1C. The molecular formula is C21H25BrN2O4. The molecule has 0 radical (unpaired) electrons. The third kappa shape index (κ3) is 6.35. The number of methoxy groups -OCH3 is 1. The first-order valence-corrected chi connectivity index (χ1v) is 9.77. The van der Waals surface area contributed by atoms with Gasteiger partial charge in [0.05, 0.1) is 11.3 Å². The van der Waals surface area contributed by atoms with Crippen LogP contribution < -0.4 is 15.4 Å². The summed E-state index contributed by atoms with van der Waals surface area (Å²) in [6.45, 7) is 4.78. The monoisotopic (exact) mass is 448 g/mol. The van der Waals surface area contributed by atoms with E-state index < -0.39 is 0 Å². The summed E-state index contributed by atoms with van der Waals surface area (Å²) in [6, 6.07) is 10.8. The van der Waals surface area contributed by atoms with E-state index in [2.05, 4.69) is 26.6 Å². The van der Waals surface area contributed by atoms with Crippen LogP contribution in [0, 0.1) is 13.8 Å². The van der Waals surface area contributed by atoms with Gasteiger partial charge in [-0.3, -0.25) is 9.59 Å². The van der Waals surface area contributed by atoms with Gasteiger partial charge in [-0.25, -0.2) is 0 Å². The van der Waals surface area contributed by atoms with E-state index in [0.29, 0.717) is 30.2 Å². The zero-order valence-corrected chi connectivity index (χ0v) is 17.9. The molecule has 0 aromatic heterocycles. The average Bonchev–Trinajstić information content (AvgIpc) is 2.64. The van der Waals surface area contributed by atoms with Crippen molar-refractivity contribution in [2.75, 3.05) is 32.2 Å². The highest BCUT2D eigenvalue weighted by Crippen LogP contribution is 2.27. The molecule has 0 unspecified atom stereocenters. The summed E-state index contributed by atoms with van der Waals surface area (Å²) >= 11 is 3.44. The van der Waals surface area contributed by atoms with Gasteiger partial charge in [0.15, 0.2) is 6.61 Å². The normalized spacial score (nSPS) is 10.4. The molecule has 0 atom stereocenters. The van der Waals surface area contributed by atoms with Gasteiger partial charge in [-0.2, -0.15) is 0 Å². The number of carbonyl (C=O) groups excluding carboxylic acids is 2. The van der Waals surface area contributed by atoms with Crippen LogP contribution in [0.4, 0.5) is 5.69 Å². The number of halogens is 1. The van der Waals surface area contributed by atoms with Gasteiger partial charge >= 0.3 is 0 Å². The minimum absolute atomic E-state index is 0.146. The summed E-state index contributed by atoms with van der Waals surface area (Å²) < 4.78 is 11.6. The number of rotatable bonds is 9. The van der Waals surface area contributed by atoms with Crippen molar-refractivity contribution in [2.24, 2.45) is 0 Å². The van der Waals surface area contributed by atoms with Crippen LogP contribution in [-0.4, -0.2) is 38.7 Å². The Morgan fingerprint density at radius 2 is 1.79 bits per heavy atom. The lowest BCUT2D eigenvalue weighted by Crippen LogP contribution is -2.27. The first kappa shape index (κ1) is 21.9. The molecule has 2 amide bonds. The molecule has 0 aliphatic carbocycles. The first-order valence-electron chi connectivity index (χ1n) is 8.98. The predicted octanol–water partition coefficient (Wildman–Crippen LogP) is 3.85. The van der Waals surface area contributed by atoms with Crippen LogP contribution in [0.25, 0.3) is 0 Å². The van der Waals surface area contributed by atoms with E-state index in [9.17, 15) is 9.59 Å². The van der Waals surface area contributed by atoms with Crippen molar-refractivity contribution >= 4 is 33.4 Å². The van der Waals surface area contributed by atoms with Crippen molar-refractivity contribution in [3.05, 3.63) is 57.6 Å². The summed E-state index contributed by atoms with van der Waals surface area (Å²) in [5, 5.41) is 5.57. The molecule has 0 fully saturated rings. The minimum atomic E-state index is -0.332. The Kier molecular flexibility index (Phi) is 8.47. The van der Waals surface area contributed by atoms with E-state index >= 15 is 0 Å². The number of benzene rings is 2. The second-order valence-corrected chi connectivity index (χ2v) is 7.27. The van der Waals surface area contributed by atoms with E-state index in [1.165, 1.54) is 0 Å². The second kappa shape index (κ2) is 10.8. The molecule has 0 saturated heterocycles. The molecule has 150 valence electrons. The number of amides is 2. The van der Waals surface area contributed by atoms with Crippen molar-refractivity contribution in [3.8, 4) is 5.75 Å². The summed E-state index contributed by atoms with van der Waals surface area (Å²) in [5.41, 5.74) is 2.74. The fraction of sp³-hybridized carbons (Fsp3) is 0.333. The van der Waals surface area contributed by atoms with Crippen molar-refractivity contribution in [2.45, 2.75) is 20.3 Å². The number of aryl methyl sites for hydroxylation is 2. The molecule has 2 aromatic rings. The maximum atomic E-state index is 12.4. The largest absolute Gasteiger partial charge is 0.483 e. The standard InChI is InChI=1S/C21H25BrN2O4/c1-14-11-16(22)12-15(2)20(14)28-13-19(25)24-18-8-5-4-7-17(18)21(26)23-9-6-10-27-3/h4-5,7-8,11-12H,6,9-10,13H2,1-3H3,(H,23,26)(H,24,25). The van der Waals surface area contributed by atoms with Crippen LogP contribution >= 0.6 is 15.9 Å². The van der Waals surface area contributed by atoms with E-state index in [1.54, 1.807) is 31.4 Å². The highest BCUT2D eigenvalue weighted by atomic mass is 79.9. The maximum Gasteiger partial charge on any atom is 0.262 e. The number of nitrogens with one attached hydrogen (secondary N) is 2. The van der Waals surface area contributed by atoms with E-state index in [0.717, 1.165) is 22.0 Å². The molecule has 6 nitrogen and oxygen atoms in total. The average molecular weight is 449 g/mol. The fourth-order valence-electron chi connectivity index (χ4n) is 2.75. The van der Waals surface area contributed by atoms with E-state index in [-0.39, 0.29) is 18.4 Å². The predicted molar refractivity (Wildman–Crippen MR) is 113 cm³/mol. The number of hydrogen-bond acceptors (Lipinski definition) is 4. The fourth-order valence-corrected chi connectivity index (χ4v) is 3.44. The van der Waals surface area contributed by atoms with Gasteiger partial charge in [-0.15, -0.1) is 0 Å². The maximum absolute atomic E-state index is 12.4. The summed E-state index contributed by atoms with van der Waals surface area (Å²) in [7, 11) is 1.62. The molecule has 2 rings (SSSR count). The third-order valence-electron chi connectivity index (χ3n) is 4.03. The van der Waals surface area contributed by atoms with Crippen LogP contribution in [0.5, 0.6) is 5.75 Å². The summed E-state index contributed by atoms with van der Waals surface area (Å²) in [4.78, 5) is 24.7. The molecule has 0 saturated carbocycles. The quantitative estimate of drug-likeness (QED) is 0.571. The van der Waals surface area contributed by atoms with Crippen molar-refractivity contribution in [1.82, 2.24) is 5.32 Å².